The van der Waals surface area contributed by atoms with Gasteiger partial charge in [0.15, 0.2) is 0 Å². The molecule has 0 saturated heterocycles. The van der Waals surface area contributed by atoms with Gasteiger partial charge in [-0.3, -0.25) is 0 Å². The third-order valence-electron chi connectivity index (χ3n) is 2.28. The van der Waals surface area contributed by atoms with E-state index in [0.717, 1.165) is 24.6 Å². The minimum Gasteiger partial charge on any atom is -0.329 e. The lowest BCUT2D eigenvalue weighted by molar-refractivity contribution is 0.462. The summed E-state index contributed by atoms with van der Waals surface area (Å²) in [4.78, 5) is 0. The first-order chi connectivity index (χ1) is 7.67. The zero-order valence-corrected chi connectivity index (χ0v) is 13.4. The van der Waals surface area contributed by atoms with E-state index in [-0.39, 0.29) is 24.5 Å². The van der Waals surface area contributed by atoms with Crippen LogP contribution in [-0.4, -0.2) is 55.0 Å². The highest BCUT2D eigenvalue weighted by atomic mass is 35.5. The molecule has 0 aliphatic carbocycles. The molecule has 0 unspecified atom stereocenters. The summed E-state index contributed by atoms with van der Waals surface area (Å²) < 4.78 is 0. The van der Waals surface area contributed by atoms with Gasteiger partial charge in [0.05, 0.1) is 0 Å². The summed E-state index contributed by atoms with van der Waals surface area (Å²) in [5, 5.41) is 6.68. The van der Waals surface area contributed by atoms with Crippen molar-refractivity contribution in [2.24, 2.45) is 11.5 Å². The number of hydrogen-bond donors (Lipinski definition) is 7. The molecule has 0 bridgehead atoms. The minimum atomic E-state index is 0. The van der Waals surface area contributed by atoms with Gasteiger partial charge in [0.25, 0.3) is 0 Å². The first kappa shape index (κ1) is 20.5. The van der Waals surface area contributed by atoms with E-state index < -0.39 is 0 Å². The van der Waals surface area contributed by atoms with Gasteiger partial charge in [0.1, 0.15) is 0 Å². The number of hydrogen-bond acceptors (Lipinski definition) is 7. The predicted molar refractivity (Wildman–Crippen MR) is 89.4 cm³/mol. The van der Waals surface area contributed by atoms with Crippen LogP contribution in [0.3, 0.4) is 0 Å². The van der Waals surface area contributed by atoms with Gasteiger partial charge in [-0.2, -0.15) is 37.9 Å². The fourth-order valence-electron chi connectivity index (χ4n) is 1.12. The molecule has 0 heterocycles. The number of halogens is 1. The second-order valence-electron chi connectivity index (χ2n) is 3.75. The zero-order chi connectivity index (χ0) is 12.4. The van der Waals surface area contributed by atoms with Gasteiger partial charge in [-0.15, -0.1) is 12.4 Å². The van der Waals surface area contributed by atoms with Crippen LogP contribution in [0.25, 0.3) is 0 Å². The molecule has 0 aliphatic heterocycles. The van der Waals surface area contributed by atoms with E-state index >= 15 is 0 Å². The molecule has 0 spiro atoms. The first-order valence-electron chi connectivity index (χ1n) is 5.42. The lowest BCUT2D eigenvalue weighted by atomic mass is 10.2. The third kappa shape index (κ3) is 10.8. The molecule has 0 fully saturated rings. The normalized spacial score (nSPS) is 16.1. The minimum absolute atomic E-state index is 0. The fourth-order valence-corrected chi connectivity index (χ4v) is 1.78. The Morgan fingerprint density at radius 1 is 0.882 bits per heavy atom. The maximum Gasteiger partial charge on any atom is 0.0281 e. The van der Waals surface area contributed by atoms with Crippen LogP contribution in [0.5, 0.6) is 0 Å². The molecule has 0 aliphatic rings. The Kier molecular flexibility index (Phi) is 16.4. The van der Waals surface area contributed by atoms with Gasteiger partial charge in [0, 0.05) is 55.0 Å². The monoisotopic (exact) mass is 320 g/mol. The van der Waals surface area contributed by atoms with E-state index in [0.29, 0.717) is 18.3 Å². The van der Waals surface area contributed by atoms with E-state index in [4.69, 9.17) is 11.5 Å². The van der Waals surface area contributed by atoms with Crippen molar-refractivity contribution in [2.75, 3.05) is 36.9 Å². The van der Waals surface area contributed by atoms with E-state index in [2.05, 4.69) is 48.5 Å². The van der Waals surface area contributed by atoms with Crippen LogP contribution >= 0.6 is 50.3 Å². The molecular weight excluding hydrogens is 296 g/mol. The molecule has 106 valence electrons. The molecule has 3 atom stereocenters. The molecule has 0 aromatic heterocycles. The summed E-state index contributed by atoms with van der Waals surface area (Å²) in [5.74, 6) is 2.18. The van der Waals surface area contributed by atoms with Crippen LogP contribution < -0.4 is 22.1 Å². The maximum absolute atomic E-state index is 5.77. The van der Waals surface area contributed by atoms with Crippen molar-refractivity contribution < 1.29 is 0 Å². The van der Waals surface area contributed by atoms with E-state index in [9.17, 15) is 0 Å². The summed E-state index contributed by atoms with van der Waals surface area (Å²) in [6.45, 7) is 2.18. The van der Waals surface area contributed by atoms with Crippen molar-refractivity contribution in [2.45, 2.75) is 18.1 Å². The predicted octanol–water partition coefficient (Wildman–Crippen LogP) is -0.600. The highest BCUT2D eigenvalue weighted by molar-refractivity contribution is 7.80. The Morgan fingerprint density at radius 3 is 1.82 bits per heavy atom. The van der Waals surface area contributed by atoms with Crippen LogP contribution in [0.2, 0.25) is 0 Å². The Bertz CT molecular complexity index is 163. The number of nitrogens with one attached hydrogen (secondary N) is 2. The molecule has 4 nitrogen and oxygen atoms in total. The van der Waals surface area contributed by atoms with Crippen LogP contribution in [-0.2, 0) is 0 Å². The Balaban J connectivity index is 0. The molecule has 0 rings (SSSR count). The second kappa shape index (κ2) is 13.6. The van der Waals surface area contributed by atoms with Crippen molar-refractivity contribution >= 4 is 50.3 Å². The number of nitrogens with two attached hydrogens (primary N) is 2. The highest BCUT2D eigenvalue weighted by Crippen LogP contribution is 1.91. The molecule has 0 aromatic rings. The van der Waals surface area contributed by atoms with Gasteiger partial charge in [-0.25, -0.2) is 0 Å². The second-order valence-corrected chi connectivity index (χ2v) is 4.85. The molecular formula is C9H25ClN4S3. The summed E-state index contributed by atoms with van der Waals surface area (Å²) in [7, 11) is 0. The standard InChI is InChI=1S/C9H24N4S3.ClH/c10-1-8(5-15)13-3-9(6-16)12-2-7(11)4-14;/h7-9,12-16H,1-6,10-11H2;1H/t7-,8-,9-;/m1./s1. The first-order valence-corrected chi connectivity index (χ1v) is 7.32. The third-order valence-corrected chi connectivity index (χ3v) is 3.63. The molecule has 0 aromatic carbocycles. The Morgan fingerprint density at radius 2 is 1.41 bits per heavy atom. The fraction of sp³-hybridized carbons (Fsp3) is 1.00. The van der Waals surface area contributed by atoms with E-state index in [1.165, 1.54) is 0 Å². The van der Waals surface area contributed by atoms with Crippen molar-refractivity contribution in [3.05, 3.63) is 0 Å². The highest BCUT2D eigenvalue weighted by Gasteiger charge is 2.10. The van der Waals surface area contributed by atoms with Gasteiger partial charge in [-0.05, 0) is 0 Å². The van der Waals surface area contributed by atoms with Crippen molar-refractivity contribution in [1.82, 2.24) is 10.6 Å². The Hall–Kier alpha value is 1.18. The van der Waals surface area contributed by atoms with Crippen LogP contribution in [0.4, 0.5) is 0 Å². The molecule has 8 heteroatoms. The van der Waals surface area contributed by atoms with Gasteiger partial charge < -0.3 is 22.1 Å². The smallest absolute Gasteiger partial charge is 0.0281 e. The number of thiol groups is 3. The summed E-state index contributed by atoms with van der Waals surface area (Å²) in [6, 6.07) is 0.634. The average molecular weight is 321 g/mol. The van der Waals surface area contributed by atoms with Crippen LogP contribution in [0.15, 0.2) is 0 Å². The summed E-state index contributed by atoms with van der Waals surface area (Å²) >= 11 is 12.6. The van der Waals surface area contributed by atoms with Crippen LogP contribution in [0, 0.1) is 0 Å². The molecule has 0 amide bonds. The Labute approximate surface area is 127 Å². The lowest BCUT2D eigenvalue weighted by Gasteiger charge is -2.22. The SMILES string of the molecule is Cl.NC[C@H](CS)NC[C@H](CS)NC[C@@H](N)CS. The van der Waals surface area contributed by atoms with Crippen LogP contribution in [0.1, 0.15) is 0 Å². The summed E-state index contributed by atoms with van der Waals surface area (Å²) in [5.41, 5.74) is 11.3. The molecule has 0 saturated carbocycles. The van der Waals surface area contributed by atoms with E-state index in [1.54, 1.807) is 0 Å². The van der Waals surface area contributed by atoms with E-state index in [1.807, 2.05) is 0 Å². The largest absolute Gasteiger partial charge is 0.329 e. The van der Waals surface area contributed by atoms with Crippen molar-refractivity contribution in [1.29, 1.82) is 0 Å². The lowest BCUT2D eigenvalue weighted by Crippen LogP contribution is -2.49. The van der Waals surface area contributed by atoms with Crippen molar-refractivity contribution in [3.8, 4) is 0 Å². The average Bonchev–Trinajstić information content (AvgIpc) is 2.33. The number of rotatable bonds is 10. The summed E-state index contributed by atoms with van der Waals surface area (Å²) in [6.07, 6.45) is 0. The maximum atomic E-state index is 5.77. The van der Waals surface area contributed by atoms with Gasteiger partial charge >= 0.3 is 0 Å². The van der Waals surface area contributed by atoms with Crippen molar-refractivity contribution in [3.63, 3.8) is 0 Å². The molecule has 0 radical (unpaired) electrons. The zero-order valence-electron chi connectivity index (χ0n) is 9.88. The molecule has 6 N–H and O–H groups in total. The molecule has 17 heavy (non-hydrogen) atoms. The van der Waals surface area contributed by atoms with Gasteiger partial charge in [0.2, 0.25) is 0 Å². The quantitative estimate of drug-likeness (QED) is 0.274. The van der Waals surface area contributed by atoms with Gasteiger partial charge in [-0.1, -0.05) is 0 Å². The topological polar surface area (TPSA) is 76.1 Å².